The van der Waals surface area contributed by atoms with Crippen LogP contribution in [-0.2, 0) is 0 Å². The zero-order valence-corrected chi connectivity index (χ0v) is 14.4. The Morgan fingerprint density at radius 2 is 1.70 bits per heavy atom. The van der Waals surface area contributed by atoms with Crippen LogP contribution in [0.25, 0.3) is 39.4 Å². The van der Waals surface area contributed by atoms with Crippen LogP contribution in [0, 0.1) is 0 Å². The summed E-state index contributed by atoms with van der Waals surface area (Å²) in [4.78, 5) is 8.94. The number of aromatic nitrogens is 5. The summed E-state index contributed by atoms with van der Waals surface area (Å²) in [5, 5.41) is 7.35. The standard InChI is InChI=1S/C21H16N6/c22-16-7-4-14(5-8-16)21-17(11-25-26-21)15-6-9-20-24-12-19(27(20)13-15)18-3-1-2-10-23-18/h1-13H,22H2,(H,25,26). The molecular weight excluding hydrogens is 336 g/mol. The maximum atomic E-state index is 5.81. The molecule has 0 saturated heterocycles. The van der Waals surface area contributed by atoms with Crippen molar-refractivity contribution in [1.29, 1.82) is 0 Å². The number of hydrogen-bond acceptors (Lipinski definition) is 4. The molecule has 0 amide bonds. The number of fused-ring (bicyclic) bond motifs is 1. The van der Waals surface area contributed by atoms with Crippen LogP contribution in [0.1, 0.15) is 0 Å². The second-order valence-corrected chi connectivity index (χ2v) is 6.29. The average molecular weight is 352 g/mol. The summed E-state index contributed by atoms with van der Waals surface area (Å²) in [5.41, 5.74) is 13.3. The summed E-state index contributed by atoms with van der Waals surface area (Å²) in [6.45, 7) is 0. The lowest BCUT2D eigenvalue weighted by Crippen LogP contribution is -1.92. The van der Waals surface area contributed by atoms with E-state index < -0.39 is 0 Å². The molecule has 6 heteroatoms. The smallest absolute Gasteiger partial charge is 0.137 e. The van der Waals surface area contributed by atoms with Gasteiger partial charge in [-0.25, -0.2) is 4.98 Å². The second kappa shape index (κ2) is 6.10. The molecular formula is C21H16N6. The van der Waals surface area contributed by atoms with Gasteiger partial charge in [0.15, 0.2) is 0 Å². The van der Waals surface area contributed by atoms with Gasteiger partial charge in [0.25, 0.3) is 0 Å². The highest BCUT2D eigenvalue weighted by Crippen LogP contribution is 2.31. The second-order valence-electron chi connectivity index (χ2n) is 6.29. The van der Waals surface area contributed by atoms with E-state index in [0.29, 0.717) is 0 Å². The highest BCUT2D eigenvalue weighted by atomic mass is 15.1. The highest BCUT2D eigenvalue weighted by molar-refractivity contribution is 5.81. The van der Waals surface area contributed by atoms with Crippen LogP contribution in [0.2, 0.25) is 0 Å². The Hall–Kier alpha value is -3.93. The number of benzene rings is 1. The van der Waals surface area contributed by atoms with E-state index in [1.807, 2.05) is 60.9 Å². The van der Waals surface area contributed by atoms with Gasteiger partial charge in [-0.3, -0.25) is 14.5 Å². The number of imidazole rings is 1. The topological polar surface area (TPSA) is 84.9 Å². The monoisotopic (exact) mass is 352 g/mol. The first-order valence-corrected chi connectivity index (χ1v) is 8.58. The molecule has 0 aliphatic carbocycles. The van der Waals surface area contributed by atoms with Crippen LogP contribution < -0.4 is 5.73 Å². The lowest BCUT2D eigenvalue weighted by atomic mass is 10.0. The quantitative estimate of drug-likeness (QED) is 0.480. The van der Waals surface area contributed by atoms with E-state index in [1.54, 1.807) is 6.20 Å². The van der Waals surface area contributed by atoms with Crippen molar-refractivity contribution in [2.24, 2.45) is 0 Å². The molecule has 3 N–H and O–H groups in total. The lowest BCUT2D eigenvalue weighted by Gasteiger charge is -2.07. The molecule has 0 aliphatic heterocycles. The Bertz CT molecular complexity index is 1220. The summed E-state index contributed by atoms with van der Waals surface area (Å²) in [7, 11) is 0. The van der Waals surface area contributed by atoms with E-state index >= 15 is 0 Å². The molecule has 5 aromatic rings. The number of aromatic amines is 1. The molecule has 27 heavy (non-hydrogen) atoms. The Morgan fingerprint density at radius 3 is 2.52 bits per heavy atom. The van der Waals surface area contributed by atoms with Gasteiger partial charge in [-0.1, -0.05) is 18.2 Å². The minimum Gasteiger partial charge on any atom is -0.399 e. The Labute approximate surface area is 155 Å². The van der Waals surface area contributed by atoms with E-state index in [9.17, 15) is 0 Å². The van der Waals surface area contributed by atoms with Gasteiger partial charge in [-0.2, -0.15) is 5.10 Å². The van der Waals surface area contributed by atoms with E-state index in [4.69, 9.17) is 5.73 Å². The number of nitrogens with zero attached hydrogens (tertiary/aromatic N) is 4. The molecule has 5 rings (SSSR count). The molecule has 130 valence electrons. The number of nitrogens with one attached hydrogen (secondary N) is 1. The van der Waals surface area contributed by atoms with Crippen LogP contribution in [0.5, 0.6) is 0 Å². The van der Waals surface area contributed by atoms with Gasteiger partial charge in [-0.15, -0.1) is 0 Å². The molecule has 0 aliphatic rings. The van der Waals surface area contributed by atoms with Gasteiger partial charge in [-0.05, 0) is 36.4 Å². The minimum absolute atomic E-state index is 0.736. The SMILES string of the molecule is Nc1ccc(-c2[nH]ncc2-c2ccc3ncc(-c4ccccn4)n3c2)cc1. The van der Waals surface area contributed by atoms with E-state index in [2.05, 4.69) is 36.8 Å². The lowest BCUT2D eigenvalue weighted by molar-refractivity contribution is 1.10. The van der Waals surface area contributed by atoms with E-state index in [-0.39, 0.29) is 0 Å². The Morgan fingerprint density at radius 1 is 0.852 bits per heavy atom. The number of nitrogens with two attached hydrogens (primary N) is 1. The third kappa shape index (κ3) is 2.64. The molecule has 4 heterocycles. The summed E-state index contributed by atoms with van der Waals surface area (Å²) in [6, 6.07) is 17.7. The first kappa shape index (κ1) is 15.3. The predicted molar refractivity (Wildman–Crippen MR) is 106 cm³/mol. The summed E-state index contributed by atoms with van der Waals surface area (Å²) >= 11 is 0. The third-order valence-electron chi connectivity index (χ3n) is 4.58. The van der Waals surface area contributed by atoms with Crippen LogP contribution in [-0.4, -0.2) is 24.6 Å². The number of rotatable bonds is 3. The van der Waals surface area contributed by atoms with Gasteiger partial charge >= 0.3 is 0 Å². The highest BCUT2D eigenvalue weighted by Gasteiger charge is 2.13. The largest absolute Gasteiger partial charge is 0.399 e. The molecule has 1 aromatic carbocycles. The summed E-state index contributed by atoms with van der Waals surface area (Å²) in [6.07, 6.45) is 7.54. The zero-order valence-electron chi connectivity index (χ0n) is 14.4. The van der Waals surface area contributed by atoms with E-state index in [1.165, 1.54) is 0 Å². The number of pyridine rings is 2. The van der Waals surface area contributed by atoms with Crippen molar-refractivity contribution in [3.63, 3.8) is 0 Å². The van der Waals surface area contributed by atoms with Crippen LogP contribution in [0.15, 0.2) is 79.4 Å². The van der Waals surface area contributed by atoms with Crippen molar-refractivity contribution in [3.8, 4) is 33.8 Å². The maximum Gasteiger partial charge on any atom is 0.137 e. The first-order valence-electron chi connectivity index (χ1n) is 8.58. The van der Waals surface area contributed by atoms with Gasteiger partial charge in [0, 0.05) is 34.8 Å². The fourth-order valence-electron chi connectivity index (χ4n) is 3.22. The van der Waals surface area contributed by atoms with Crippen molar-refractivity contribution < 1.29 is 0 Å². The fourth-order valence-corrected chi connectivity index (χ4v) is 3.22. The average Bonchev–Trinajstić information content (AvgIpc) is 3.36. The van der Waals surface area contributed by atoms with Crippen LogP contribution >= 0.6 is 0 Å². The van der Waals surface area contributed by atoms with E-state index in [0.717, 1.165) is 45.1 Å². The molecule has 0 fully saturated rings. The van der Waals surface area contributed by atoms with Crippen molar-refractivity contribution in [3.05, 3.63) is 79.4 Å². The van der Waals surface area contributed by atoms with Gasteiger partial charge in [0.1, 0.15) is 5.65 Å². The van der Waals surface area contributed by atoms with Crippen molar-refractivity contribution in [2.45, 2.75) is 0 Å². The molecule has 4 aromatic heterocycles. The fraction of sp³-hybridized carbons (Fsp3) is 0. The van der Waals surface area contributed by atoms with Crippen LogP contribution in [0.4, 0.5) is 5.69 Å². The summed E-state index contributed by atoms with van der Waals surface area (Å²) in [5.74, 6) is 0. The normalized spacial score (nSPS) is 11.1. The molecule has 0 bridgehead atoms. The Kier molecular flexibility index (Phi) is 3.47. The van der Waals surface area contributed by atoms with Crippen molar-refractivity contribution in [1.82, 2.24) is 24.6 Å². The first-order chi connectivity index (χ1) is 13.3. The maximum absolute atomic E-state index is 5.81. The number of hydrogen-bond donors (Lipinski definition) is 2. The third-order valence-corrected chi connectivity index (χ3v) is 4.58. The predicted octanol–water partition coefficient (Wildman–Crippen LogP) is 4.04. The van der Waals surface area contributed by atoms with Gasteiger partial charge in [0.2, 0.25) is 0 Å². The molecule has 0 radical (unpaired) electrons. The molecule has 6 nitrogen and oxygen atoms in total. The van der Waals surface area contributed by atoms with Crippen LogP contribution in [0.3, 0.4) is 0 Å². The molecule has 0 atom stereocenters. The summed E-state index contributed by atoms with van der Waals surface area (Å²) < 4.78 is 2.05. The zero-order chi connectivity index (χ0) is 18.2. The number of H-pyrrole nitrogens is 1. The number of nitrogen functional groups attached to an aromatic ring is 1. The van der Waals surface area contributed by atoms with Gasteiger partial charge < -0.3 is 5.73 Å². The Balaban J connectivity index is 1.65. The van der Waals surface area contributed by atoms with Gasteiger partial charge in [0.05, 0.1) is 29.5 Å². The molecule has 0 unspecified atom stereocenters. The molecule has 0 spiro atoms. The number of anilines is 1. The van der Waals surface area contributed by atoms with Crippen molar-refractivity contribution >= 4 is 11.3 Å². The van der Waals surface area contributed by atoms with Crippen molar-refractivity contribution in [2.75, 3.05) is 5.73 Å². The molecule has 0 saturated carbocycles. The minimum atomic E-state index is 0.736.